The van der Waals surface area contributed by atoms with Crippen LogP contribution in [0, 0.1) is 25.7 Å². The Balaban J connectivity index is 1.58. The Morgan fingerprint density at radius 3 is 2.34 bits per heavy atom. The first-order valence-corrected chi connectivity index (χ1v) is 13.8. The van der Waals surface area contributed by atoms with E-state index >= 15 is 0 Å². The monoisotopic (exact) mass is 518 g/mol. The van der Waals surface area contributed by atoms with Crippen LogP contribution >= 0.6 is 0 Å². The van der Waals surface area contributed by atoms with Crippen molar-refractivity contribution in [3.05, 3.63) is 64.5 Å². The van der Waals surface area contributed by atoms with E-state index in [1.165, 1.54) is 11.1 Å². The van der Waals surface area contributed by atoms with Gasteiger partial charge in [-0.3, -0.25) is 19.4 Å². The SMILES string of the molecule is CC[C@H](C)[C@@H]1C(=O)NC(C2Cc3ccccc3C2)C(=O)N1[C@@H](C(=O)N1CCOCC1)c1ccc(C)nc1C. The predicted octanol–water partition coefficient (Wildman–Crippen LogP) is 2.76. The van der Waals surface area contributed by atoms with Crippen molar-refractivity contribution < 1.29 is 19.1 Å². The van der Waals surface area contributed by atoms with E-state index in [1.54, 1.807) is 9.80 Å². The first kappa shape index (κ1) is 26.4. The maximum absolute atomic E-state index is 14.5. The van der Waals surface area contributed by atoms with Crippen LogP contribution in [-0.4, -0.2) is 70.9 Å². The number of benzene rings is 1. The van der Waals surface area contributed by atoms with Crippen LogP contribution < -0.4 is 5.32 Å². The zero-order valence-corrected chi connectivity index (χ0v) is 22.8. The lowest BCUT2D eigenvalue weighted by molar-refractivity contribution is -0.163. The maximum atomic E-state index is 14.5. The van der Waals surface area contributed by atoms with Crippen LogP contribution in [-0.2, 0) is 32.0 Å². The van der Waals surface area contributed by atoms with Crippen molar-refractivity contribution in [2.75, 3.05) is 26.3 Å². The first-order chi connectivity index (χ1) is 18.3. The summed E-state index contributed by atoms with van der Waals surface area (Å²) in [6.45, 7) is 9.59. The number of aryl methyl sites for hydroxylation is 2. The number of aromatic nitrogens is 1. The minimum absolute atomic E-state index is 0.0550. The lowest BCUT2D eigenvalue weighted by atomic mass is 9.85. The Morgan fingerprint density at radius 1 is 1.08 bits per heavy atom. The zero-order valence-electron chi connectivity index (χ0n) is 22.8. The normalized spacial score (nSPS) is 23.7. The van der Waals surface area contributed by atoms with E-state index in [4.69, 9.17) is 4.74 Å². The Bertz CT molecular complexity index is 1200. The Morgan fingerprint density at radius 2 is 1.74 bits per heavy atom. The van der Waals surface area contributed by atoms with Crippen LogP contribution in [0.4, 0.5) is 0 Å². The molecule has 0 bridgehead atoms. The highest BCUT2D eigenvalue weighted by atomic mass is 16.5. The molecule has 5 rings (SSSR count). The van der Waals surface area contributed by atoms with E-state index in [2.05, 4.69) is 22.4 Å². The van der Waals surface area contributed by atoms with Gasteiger partial charge in [0.05, 0.1) is 13.2 Å². The van der Waals surface area contributed by atoms with Gasteiger partial charge in [0.25, 0.3) is 0 Å². The second kappa shape index (κ2) is 10.8. The van der Waals surface area contributed by atoms with Crippen LogP contribution in [0.5, 0.6) is 0 Å². The van der Waals surface area contributed by atoms with E-state index in [1.807, 2.05) is 52.0 Å². The molecular weight excluding hydrogens is 480 g/mol. The molecule has 0 saturated carbocycles. The second-order valence-electron chi connectivity index (χ2n) is 11.0. The van der Waals surface area contributed by atoms with Gasteiger partial charge in [-0.05, 0) is 55.7 Å². The van der Waals surface area contributed by atoms with Gasteiger partial charge in [-0.1, -0.05) is 50.6 Å². The first-order valence-electron chi connectivity index (χ1n) is 13.8. The fraction of sp³-hybridized carbons (Fsp3) is 0.533. The Hall–Kier alpha value is -3.26. The average molecular weight is 519 g/mol. The molecule has 0 radical (unpaired) electrons. The summed E-state index contributed by atoms with van der Waals surface area (Å²) in [5.41, 5.74) is 4.65. The minimum atomic E-state index is -0.926. The molecule has 2 fully saturated rings. The molecule has 3 heterocycles. The molecule has 2 saturated heterocycles. The Labute approximate surface area is 224 Å². The lowest BCUT2D eigenvalue weighted by Gasteiger charge is -2.47. The molecule has 3 aliphatic rings. The van der Waals surface area contributed by atoms with Gasteiger partial charge in [0, 0.05) is 30.0 Å². The number of hydrogen-bond donors (Lipinski definition) is 1. The summed E-state index contributed by atoms with van der Waals surface area (Å²) in [4.78, 5) is 50.6. The van der Waals surface area contributed by atoms with Gasteiger partial charge < -0.3 is 19.9 Å². The van der Waals surface area contributed by atoms with Gasteiger partial charge >= 0.3 is 0 Å². The number of fused-ring (bicyclic) bond motifs is 1. The van der Waals surface area contributed by atoms with Gasteiger partial charge in [0.2, 0.25) is 17.7 Å². The van der Waals surface area contributed by atoms with Crippen LogP contribution in [0.25, 0.3) is 0 Å². The molecule has 0 spiro atoms. The minimum Gasteiger partial charge on any atom is -0.378 e. The van der Waals surface area contributed by atoms with E-state index in [-0.39, 0.29) is 29.6 Å². The number of pyridine rings is 1. The quantitative estimate of drug-likeness (QED) is 0.635. The van der Waals surface area contributed by atoms with Gasteiger partial charge in [0.15, 0.2) is 0 Å². The summed E-state index contributed by atoms with van der Waals surface area (Å²) < 4.78 is 5.50. The summed E-state index contributed by atoms with van der Waals surface area (Å²) >= 11 is 0. The molecule has 3 amide bonds. The molecule has 8 nitrogen and oxygen atoms in total. The third-order valence-corrected chi connectivity index (χ3v) is 8.52. The highest BCUT2D eigenvalue weighted by molar-refractivity contribution is 6.00. The van der Waals surface area contributed by atoms with Crippen molar-refractivity contribution in [1.29, 1.82) is 0 Å². The molecule has 1 unspecified atom stereocenters. The summed E-state index contributed by atoms with van der Waals surface area (Å²) in [5, 5.41) is 3.10. The van der Waals surface area contributed by atoms with Crippen LogP contribution in [0.1, 0.15) is 54.4 Å². The molecule has 1 N–H and O–H groups in total. The van der Waals surface area contributed by atoms with Gasteiger partial charge in [-0.15, -0.1) is 0 Å². The topological polar surface area (TPSA) is 91.8 Å². The van der Waals surface area contributed by atoms with Crippen LogP contribution in [0.15, 0.2) is 36.4 Å². The summed E-state index contributed by atoms with van der Waals surface area (Å²) in [5.74, 6) is -0.719. The van der Waals surface area contributed by atoms with Crippen LogP contribution in [0.2, 0.25) is 0 Å². The molecule has 1 aliphatic carbocycles. The highest BCUT2D eigenvalue weighted by Gasteiger charge is 2.51. The molecule has 38 heavy (non-hydrogen) atoms. The molecule has 1 aromatic carbocycles. The molecule has 1 aromatic heterocycles. The Kier molecular flexibility index (Phi) is 7.52. The fourth-order valence-corrected chi connectivity index (χ4v) is 6.26. The van der Waals surface area contributed by atoms with E-state index in [0.717, 1.165) is 18.5 Å². The van der Waals surface area contributed by atoms with Gasteiger partial charge in [-0.25, -0.2) is 0 Å². The van der Waals surface area contributed by atoms with E-state index < -0.39 is 18.1 Å². The molecule has 2 aromatic rings. The maximum Gasteiger partial charge on any atom is 0.250 e. The second-order valence-corrected chi connectivity index (χ2v) is 11.0. The number of ether oxygens (including phenoxy) is 1. The summed E-state index contributed by atoms with van der Waals surface area (Å²) in [7, 11) is 0. The van der Waals surface area contributed by atoms with Crippen molar-refractivity contribution in [2.45, 2.75) is 65.1 Å². The number of nitrogens with one attached hydrogen (secondary N) is 1. The zero-order chi connectivity index (χ0) is 27.0. The number of carbonyl (C=O) groups is 3. The number of nitrogens with zero attached hydrogens (tertiary/aromatic N) is 3. The van der Waals surface area contributed by atoms with Crippen molar-refractivity contribution in [1.82, 2.24) is 20.1 Å². The number of amides is 3. The lowest BCUT2D eigenvalue weighted by Crippen LogP contribution is -2.68. The van der Waals surface area contributed by atoms with Crippen LogP contribution in [0.3, 0.4) is 0 Å². The number of morpholine rings is 1. The number of piperazine rings is 1. The van der Waals surface area contributed by atoms with Crippen molar-refractivity contribution in [3.8, 4) is 0 Å². The smallest absolute Gasteiger partial charge is 0.250 e. The van der Waals surface area contributed by atoms with Crippen molar-refractivity contribution >= 4 is 17.7 Å². The van der Waals surface area contributed by atoms with E-state index in [0.29, 0.717) is 44.0 Å². The summed E-state index contributed by atoms with van der Waals surface area (Å²) in [6.07, 6.45) is 2.15. The number of hydrogen-bond acceptors (Lipinski definition) is 5. The molecule has 4 atom stereocenters. The molecule has 8 heteroatoms. The number of carbonyl (C=O) groups excluding carboxylic acids is 3. The van der Waals surface area contributed by atoms with E-state index in [9.17, 15) is 14.4 Å². The summed E-state index contributed by atoms with van der Waals surface area (Å²) in [6, 6.07) is 9.62. The molecule has 202 valence electrons. The molecular formula is C30H38N4O4. The third-order valence-electron chi connectivity index (χ3n) is 8.52. The largest absolute Gasteiger partial charge is 0.378 e. The predicted molar refractivity (Wildman–Crippen MR) is 143 cm³/mol. The number of rotatable bonds is 6. The third kappa shape index (κ3) is 4.82. The van der Waals surface area contributed by atoms with Gasteiger partial charge in [-0.2, -0.15) is 0 Å². The molecule has 2 aliphatic heterocycles. The van der Waals surface area contributed by atoms with Crippen molar-refractivity contribution in [3.63, 3.8) is 0 Å². The standard InChI is InChI=1S/C30H38N4O4/c1-5-18(2)26-28(35)32-25(23-16-21-8-6-7-9-22(21)17-23)29(36)34(26)27(24-11-10-19(3)31-20(24)4)30(37)33-12-14-38-15-13-33/h6-11,18,23,25-27H,5,12-17H2,1-4H3,(H,32,35)/t18-,25?,26+,27+/m0/s1. The highest BCUT2D eigenvalue weighted by Crippen LogP contribution is 2.37. The fourth-order valence-electron chi connectivity index (χ4n) is 6.26. The average Bonchev–Trinajstić information content (AvgIpc) is 3.35. The van der Waals surface area contributed by atoms with Gasteiger partial charge in [0.1, 0.15) is 18.1 Å². The van der Waals surface area contributed by atoms with Crippen molar-refractivity contribution in [2.24, 2.45) is 11.8 Å².